The minimum absolute atomic E-state index is 0.0267. The fraction of sp³-hybridized carbons (Fsp3) is 0.571. The molecule has 0 aromatic carbocycles. The maximum atomic E-state index is 12.5. The van der Waals surface area contributed by atoms with Crippen molar-refractivity contribution in [1.29, 1.82) is 0 Å². The van der Waals surface area contributed by atoms with E-state index in [9.17, 15) is 13.2 Å². The lowest BCUT2D eigenvalue weighted by molar-refractivity contribution is -0.118. The maximum absolute atomic E-state index is 12.5. The Hall–Kier alpha value is -1.67. The van der Waals surface area contributed by atoms with Gasteiger partial charge in [-0.3, -0.25) is 4.79 Å². The number of sulfonamides is 1. The van der Waals surface area contributed by atoms with Crippen LogP contribution >= 0.6 is 0 Å². The summed E-state index contributed by atoms with van der Waals surface area (Å²) in [5.74, 6) is 0.281. The lowest BCUT2D eigenvalue weighted by Crippen LogP contribution is -2.50. The fourth-order valence-corrected chi connectivity index (χ4v) is 3.85. The molecule has 2 atom stereocenters. The van der Waals surface area contributed by atoms with Gasteiger partial charge in [-0.05, 0) is 37.6 Å². The van der Waals surface area contributed by atoms with Crippen molar-refractivity contribution in [3.8, 4) is 0 Å². The molecule has 3 rings (SSSR count). The fourth-order valence-electron chi connectivity index (χ4n) is 2.87. The van der Waals surface area contributed by atoms with E-state index in [-0.39, 0.29) is 23.5 Å². The molecule has 1 amide bonds. The van der Waals surface area contributed by atoms with Crippen molar-refractivity contribution in [3.05, 3.63) is 23.9 Å². The molecule has 1 saturated heterocycles. The van der Waals surface area contributed by atoms with E-state index in [0.29, 0.717) is 18.0 Å². The van der Waals surface area contributed by atoms with Gasteiger partial charge in [-0.15, -0.1) is 4.40 Å². The quantitative estimate of drug-likeness (QED) is 0.721. The van der Waals surface area contributed by atoms with Gasteiger partial charge in [0.05, 0.1) is 11.3 Å². The molecule has 0 spiro atoms. The number of hydrogen-bond donors (Lipinski definition) is 2. The molecule has 7 nitrogen and oxygen atoms in total. The first kappa shape index (κ1) is 15.2. The van der Waals surface area contributed by atoms with Crippen LogP contribution in [0, 0.1) is 5.92 Å². The first-order valence-electron chi connectivity index (χ1n) is 7.46. The molecule has 3 heterocycles. The summed E-state index contributed by atoms with van der Waals surface area (Å²) in [7, 11) is -3.48. The number of amidine groups is 1. The third-order valence-electron chi connectivity index (χ3n) is 4.20. The minimum atomic E-state index is -3.48. The van der Waals surface area contributed by atoms with Crippen LogP contribution in [0.25, 0.3) is 0 Å². The number of fused-ring (bicyclic) bond motifs is 1. The number of nitrogens with one attached hydrogen (secondary N) is 2. The zero-order valence-electron chi connectivity index (χ0n) is 12.4. The van der Waals surface area contributed by atoms with Gasteiger partial charge in [-0.25, -0.2) is 8.42 Å². The van der Waals surface area contributed by atoms with Gasteiger partial charge in [0, 0.05) is 18.8 Å². The normalized spacial score (nSPS) is 30.1. The Morgan fingerprint density at radius 3 is 3.09 bits per heavy atom. The van der Waals surface area contributed by atoms with Crippen LogP contribution < -0.4 is 10.6 Å². The number of amides is 1. The van der Waals surface area contributed by atoms with Crippen molar-refractivity contribution < 1.29 is 13.2 Å². The maximum Gasteiger partial charge on any atom is 0.256 e. The van der Waals surface area contributed by atoms with Gasteiger partial charge in [0.1, 0.15) is 0 Å². The molecule has 1 fully saturated rings. The molecule has 0 saturated carbocycles. The average molecular weight is 324 g/mol. The highest BCUT2D eigenvalue weighted by Gasteiger charge is 2.31. The van der Waals surface area contributed by atoms with Crippen molar-refractivity contribution in [2.75, 3.05) is 25.4 Å². The van der Waals surface area contributed by atoms with E-state index in [2.05, 4.69) is 22.0 Å². The van der Waals surface area contributed by atoms with Crippen LogP contribution in [0.15, 0.2) is 28.3 Å². The Balaban J connectivity index is 1.80. The molecule has 0 radical (unpaired) electrons. The number of carbonyl (C=O) groups is 1. The molecule has 0 aliphatic carbocycles. The topological polar surface area (TPSA) is 90.9 Å². The van der Waals surface area contributed by atoms with E-state index in [1.807, 2.05) is 0 Å². The van der Waals surface area contributed by atoms with Gasteiger partial charge < -0.3 is 15.5 Å². The van der Waals surface area contributed by atoms with Gasteiger partial charge in [-0.1, -0.05) is 6.92 Å². The third kappa shape index (κ3) is 3.07. The number of allylic oxidation sites excluding steroid dienone is 2. The molecule has 0 bridgehead atoms. The highest BCUT2D eigenvalue weighted by Crippen LogP contribution is 2.19. The Bertz CT molecular complexity index is 666. The van der Waals surface area contributed by atoms with Crippen LogP contribution in [-0.2, 0) is 14.8 Å². The summed E-state index contributed by atoms with van der Waals surface area (Å²) in [4.78, 5) is 14.3. The largest absolute Gasteiger partial charge is 0.349 e. The van der Waals surface area contributed by atoms with Crippen LogP contribution in [0.5, 0.6) is 0 Å². The summed E-state index contributed by atoms with van der Waals surface area (Å²) in [6.07, 6.45) is 5.98. The predicted octanol–water partition coefficient (Wildman–Crippen LogP) is -0.402. The zero-order valence-corrected chi connectivity index (χ0v) is 13.3. The Labute approximate surface area is 130 Å². The second-order valence-corrected chi connectivity index (χ2v) is 7.62. The van der Waals surface area contributed by atoms with Gasteiger partial charge in [0.2, 0.25) is 0 Å². The second kappa shape index (κ2) is 5.85. The van der Waals surface area contributed by atoms with Crippen molar-refractivity contribution >= 4 is 21.8 Å². The first-order valence-corrected chi connectivity index (χ1v) is 9.07. The molecule has 0 aromatic heterocycles. The average Bonchev–Trinajstić information content (AvgIpc) is 2.48. The lowest BCUT2D eigenvalue weighted by atomic mass is 9.95. The Kier molecular flexibility index (Phi) is 4.05. The summed E-state index contributed by atoms with van der Waals surface area (Å²) in [6, 6.07) is 0.0924. The molecule has 3 aliphatic heterocycles. The van der Waals surface area contributed by atoms with Gasteiger partial charge >= 0.3 is 0 Å². The van der Waals surface area contributed by atoms with Crippen molar-refractivity contribution in [1.82, 2.24) is 15.5 Å². The van der Waals surface area contributed by atoms with Crippen molar-refractivity contribution in [3.63, 3.8) is 0 Å². The molecule has 0 aromatic rings. The van der Waals surface area contributed by atoms with Gasteiger partial charge in [0.25, 0.3) is 15.9 Å². The highest BCUT2D eigenvalue weighted by atomic mass is 32.2. The van der Waals surface area contributed by atoms with E-state index in [4.69, 9.17) is 0 Å². The number of carbonyl (C=O) groups excluding carboxylic acids is 1. The van der Waals surface area contributed by atoms with Crippen LogP contribution in [0.1, 0.15) is 13.3 Å². The molecule has 3 aliphatic rings. The monoisotopic (exact) mass is 324 g/mol. The molecule has 8 heteroatoms. The van der Waals surface area contributed by atoms with Crippen molar-refractivity contribution in [2.24, 2.45) is 10.3 Å². The van der Waals surface area contributed by atoms with E-state index in [1.54, 1.807) is 23.3 Å². The summed E-state index contributed by atoms with van der Waals surface area (Å²) >= 11 is 0. The molecule has 22 heavy (non-hydrogen) atoms. The SMILES string of the molecule is CC1CNCCC1NC(=O)C1=CC=CN2CCS(=O)(=O)N=C12. The van der Waals surface area contributed by atoms with Crippen LogP contribution in [-0.4, -0.2) is 56.5 Å². The molecule has 2 N–H and O–H groups in total. The van der Waals surface area contributed by atoms with E-state index in [0.717, 1.165) is 19.5 Å². The van der Waals surface area contributed by atoms with E-state index < -0.39 is 10.0 Å². The number of hydrogen-bond acceptors (Lipinski definition) is 5. The summed E-state index contributed by atoms with van der Waals surface area (Å²) in [5, 5.41) is 6.30. The lowest BCUT2D eigenvalue weighted by Gasteiger charge is -2.32. The third-order valence-corrected chi connectivity index (χ3v) is 5.35. The predicted molar refractivity (Wildman–Crippen MR) is 83.7 cm³/mol. The summed E-state index contributed by atoms with van der Waals surface area (Å²) in [5.41, 5.74) is 0.316. The minimum Gasteiger partial charge on any atom is -0.349 e. The Morgan fingerprint density at radius 2 is 2.32 bits per heavy atom. The van der Waals surface area contributed by atoms with Gasteiger partial charge in [-0.2, -0.15) is 0 Å². The van der Waals surface area contributed by atoms with Crippen molar-refractivity contribution in [2.45, 2.75) is 19.4 Å². The number of piperidine rings is 1. The molecular formula is C14H20N4O3S. The smallest absolute Gasteiger partial charge is 0.256 e. The zero-order chi connectivity index (χ0) is 15.7. The molecule has 120 valence electrons. The van der Waals surface area contributed by atoms with Crippen LogP contribution in [0.4, 0.5) is 0 Å². The van der Waals surface area contributed by atoms with Crippen LogP contribution in [0.2, 0.25) is 0 Å². The summed E-state index contributed by atoms with van der Waals surface area (Å²) < 4.78 is 27.2. The second-order valence-electron chi connectivity index (χ2n) is 5.87. The van der Waals surface area contributed by atoms with E-state index in [1.165, 1.54) is 0 Å². The summed E-state index contributed by atoms with van der Waals surface area (Å²) in [6.45, 7) is 4.15. The number of nitrogens with zero attached hydrogens (tertiary/aromatic N) is 2. The molecule has 2 unspecified atom stereocenters. The van der Waals surface area contributed by atoms with Crippen LogP contribution in [0.3, 0.4) is 0 Å². The standard InChI is InChI=1S/C14H20N4O3S/c1-10-9-15-5-4-12(10)16-14(19)11-3-2-6-18-7-8-22(20,21)17-13(11)18/h2-3,6,10,12,15H,4-5,7-9H2,1H3,(H,16,19). The first-order chi connectivity index (χ1) is 10.5. The molecular weight excluding hydrogens is 304 g/mol. The highest BCUT2D eigenvalue weighted by molar-refractivity contribution is 7.90. The van der Waals surface area contributed by atoms with Gasteiger partial charge in [0.15, 0.2) is 5.84 Å². The Morgan fingerprint density at radius 1 is 1.50 bits per heavy atom. The van der Waals surface area contributed by atoms with E-state index >= 15 is 0 Å². The number of rotatable bonds is 2.